The molecular weight excluding hydrogens is 380 g/mol. The maximum Gasteiger partial charge on any atom is 0.193 e. The molecule has 2 aromatic rings. The van der Waals surface area contributed by atoms with Crippen LogP contribution in [0.25, 0.3) is 0 Å². The highest BCUT2D eigenvalue weighted by atomic mass is 127. The quantitative estimate of drug-likeness (QED) is 0.348. The van der Waals surface area contributed by atoms with E-state index in [1.165, 1.54) is 6.07 Å². The van der Waals surface area contributed by atoms with E-state index in [1.807, 2.05) is 36.4 Å². The number of aryl methyl sites for hydroxylation is 1. The number of aliphatic imine (C=N–C) groups is 1. The Kier molecular flexibility index (Phi) is 7.74. The lowest BCUT2D eigenvalue weighted by atomic mass is 10.1. The van der Waals surface area contributed by atoms with Gasteiger partial charge in [-0.2, -0.15) is 0 Å². The van der Waals surface area contributed by atoms with Crippen LogP contribution in [0.2, 0.25) is 0 Å². The number of hydrogen-bond donors (Lipinski definition) is 2. The summed E-state index contributed by atoms with van der Waals surface area (Å²) >= 11 is 0. The van der Waals surface area contributed by atoms with Crippen LogP contribution < -0.4 is 11.1 Å². The standard InChI is InChI=1S/C16H18FN3.HI/c17-14-8-4-6-13(12-14)7-5-11-19-16(18)20-15-9-2-1-3-10-15;/h1-4,6,8-10,12H,5,7,11H2,(H3,18,19,20);1H. The normalized spacial score (nSPS) is 10.8. The lowest BCUT2D eigenvalue weighted by molar-refractivity contribution is 0.624. The highest BCUT2D eigenvalue weighted by molar-refractivity contribution is 14.0. The predicted octanol–water partition coefficient (Wildman–Crippen LogP) is 3.80. The molecule has 0 unspecified atom stereocenters. The second-order valence-corrected chi connectivity index (χ2v) is 4.49. The first-order valence-electron chi connectivity index (χ1n) is 6.60. The monoisotopic (exact) mass is 399 g/mol. The number of guanidine groups is 1. The number of nitrogens with two attached hydrogens (primary N) is 1. The third-order valence-corrected chi connectivity index (χ3v) is 2.84. The summed E-state index contributed by atoms with van der Waals surface area (Å²) in [6.07, 6.45) is 1.63. The number of hydrogen-bond acceptors (Lipinski definition) is 1. The second-order valence-electron chi connectivity index (χ2n) is 4.49. The summed E-state index contributed by atoms with van der Waals surface area (Å²) < 4.78 is 13.0. The molecule has 0 amide bonds. The minimum atomic E-state index is -0.198. The first kappa shape index (κ1) is 17.4. The van der Waals surface area contributed by atoms with Crippen LogP contribution in [0.1, 0.15) is 12.0 Å². The highest BCUT2D eigenvalue weighted by Crippen LogP contribution is 2.06. The van der Waals surface area contributed by atoms with Crippen LogP contribution in [0.3, 0.4) is 0 Å². The predicted molar refractivity (Wildman–Crippen MR) is 96.7 cm³/mol. The first-order valence-corrected chi connectivity index (χ1v) is 6.60. The summed E-state index contributed by atoms with van der Waals surface area (Å²) in [4.78, 5) is 4.25. The Balaban J connectivity index is 0.00000220. The van der Waals surface area contributed by atoms with Gasteiger partial charge in [0.1, 0.15) is 5.82 Å². The summed E-state index contributed by atoms with van der Waals surface area (Å²) in [5.41, 5.74) is 7.69. The SMILES string of the molecule is I.NC(=NCCCc1cccc(F)c1)Nc1ccccc1. The lowest BCUT2D eigenvalue weighted by Crippen LogP contribution is -2.22. The summed E-state index contributed by atoms with van der Waals surface area (Å²) in [5, 5.41) is 3.02. The summed E-state index contributed by atoms with van der Waals surface area (Å²) in [7, 11) is 0. The number of nitrogens with one attached hydrogen (secondary N) is 1. The van der Waals surface area contributed by atoms with Gasteiger partial charge in [0.25, 0.3) is 0 Å². The smallest absolute Gasteiger partial charge is 0.193 e. The van der Waals surface area contributed by atoms with E-state index in [0.717, 1.165) is 24.1 Å². The van der Waals surface area contributed by atoms with Crippen molar-refractivity contribution in [2.45, 2.75) is 12.8 Å². The minimum Gasteiger partial charge on any atom is -0.370 e. The summed E-state index contributed by atoms with van der Waals surface area (Å²) in [5.74, 6) is 0.201. The average molecular weight is 399 g/mol. The Morgan fingerprint density at radius 1 is 1.10 bits per heavy atom. The molecule has 0 aliphatic heterocycles. The molecule has 0 bridgehead atoms. The number of benzene rings is 2. The third-order valence-electron chi connectivity index (χ3n) is 2.84. The van der Waals surface area contributed by atoms with Crippen LogP contribution in [0.5, 0.6) is 0 Å². The zero-order valence-electron chi connectivity index (χ0n) is 11.6. The molecule has 0 fully saturated rings. The van der Waals surface area contributed by atoms with E-state index >= 15 is 0 Å². The molecular formula is C16H19FIN3. The number of rotatable bonds is 5. The number of para-hydroxylation sites is 1. The molecule has 5 heteroatoms. The Hall–Kier alpha value is -1.63. The molecule has 3 nitrogen and oxygen atoms in total. The molecule has 21 heavy (non-hydrogen) atoms. The van der Waals surface area contributed by atoms with E-state index < -0.39 is 0 Å². The molecule has 0 radical (unpaired) electrons. The molecule has 3 N–H and O–H groups in total. The molecule has 0 saturated carbocycles. The number of nitrogens with zero attached hydrogens (tertiary/aromatic N) is 1. The Bertz CT molecular complexity index is 573. The van der Waals surface area contributed by atoms with Crippen molar-refractivity contribution in [2.24, 2.45) is 10.7 Å². The summed E-state index contributed by atoms with van der Waals surface area (Å²) in [6, 6.07) is 16.3. The topological polar surface area (TPSA) is 50.4 Å². The molecule has 0 aliphatic carbocycles. The Morgan fingerprint density at radius 3 is 2.57 bits per heavy atom. The van der Waals surface area contributed by atoms with Crippen molar-refractivity contribution in [3.05, 3.63) is 66.0 Å². The lowest BCUT2D eigenvalue weighted by Gasteiger charge is -2.05. The molecule has 0 aromatic heterocycles. The van der Waals surface area contributed by atoms with Gasteiger partial charge in [-0.25, -0.2) is 4.39 Å². The summed E-state index contributed by atoms with van der Waals surface area (Å²) in [6.45, 7) is 0.613. The number of halogens is 2. The van der Waals surface area contributed by atoms with E-state index in [1.54, 1.807) is 12.1 Å². The van der Waals surface area contributed by atoms with Crippen LogP contribution in [-0.2, 0) is 6.42 Å². The van der Waals surface area contributed by atoms with E-state index in [4.69, 9.17) is 5.73 Å². The zero-order chi connectivity index (χ0) is 14.2. The molecule has 0 atom stereocenters. The second kappa shape index (κ2) is 9.33. The molecule has 2 rings (SSSR count). The van der Waals surface area contributed by atoms with Crippen molar-refractivity contribution in [3.63, 3.8) is 0 Å². The molecule has 0 spiro atoms. The molecule has 2 aromatic carbocycles. The van der Waals surface area contributed by atoms with Gasteiger partial charge in [-0.1, -0.05) is 30.3 Å². The van der Waals surface area contributed by atoms with E-state index in [0.29, 0.717) is 12.5 Å². The van der Waals surface area contributed by atoms with Gasteiger partial charge in [0, 0.05) is 12.2 Å². The van der Waals surface area contributed by atoms with Gasteiger partial charge < -0.3 is 11.1 Å². The van der Waals surface area contributed by atoms with Gasteiger partial charge in [0.15, 0.2) is 5.96 Å². The Morgan fingerprint density at radius 2 is 1.86 bits per heavy atom. The minimum absolute atomic E-state index is 0. The zero-order valence-corrected chi connectivity index (χ0v) is 14.0. The van der Waals surface area contributed by atoms with E-state index in [-0.39, 0.29) is 29.8 Å². The van der Waals surface area contributed by atoms with Crippen LogP contribution >= 0.6 is 24.0 Å². The van der Waals surface area contributed by atoms with Gasteiger partial charge in [-0.3, -0.25) is 4.99 Å². The van der Waals surface area contributed by atoms with Crippen LogP contribution in [-0.4, -0.2) is 12.5 Å². The third kappa shape index (κ3) is 6.57. The van der Waals surface area contributed by atoms with Crippen LogP contribution in [0.15, 0.2) is 59.6 Å². The van der Waals surface area contributed by atoms with Crippen molar-refractivity contribution in [3.8, 4) is 0 Å². The van der Waals surface area contributed by atoms with Crippen molar-refractivity contribution >= 4 is 35.6 Å². The molecule has 112 valence electrons. The van der Waals surface area contributed by atoms with Crippen LogP contribution in [0.4, 0.5) is 10.1 Å². The molecule has 0 aliphatic rings. The maximum atomic E-state index is 13.0. The van der Waals surface area contributed by atoms with Crippen molar-refractivity contribution in [1.29, 1.82) is 0 Å². The fraction of sp³-hybridized carbons (Fsp3) is 0.188. The average Bonchev–Trinajstić information content (AvgIpc) is 2.45. The first-order chi connectivity index (χ1) is 9.74. The molecule has 0 heterocycles. The fourth-order valence-corrected chi connectivity index (χ4v) is 1.88. The van der Waals surface area contributed by atoms with Gasteiger partial charge in [-0.05, 0) is 42.7 Å². The largest absolute Gasteiger partial charge is 0.370 e. The Labute approximate surface area is 141 Å². The molecule has 0 saturated heterocycles. The van der Waals surface area contributed by atoms with E-state index in [9.17, 15) is 4.39 Å². The van der Waals surface area contributed by atoms with Gasteiger partial charge in [0.05, 0.1) is 0 Å². The fourth-order valence-electron chi connectivity index (χ4n) is 1.88. The van der Waals surface area contributed by atoms with E-state index in [2.05, 4.69) is 10.3 Å². The van der Waals surface area contributed by atoms with Crippen LogP contribution in [0, 0.1) is 5.82 Å². The van der Waals surface area contributed by atoms with Gasteiger partial charge in [-0.15, -0.1) is 24.0 Å². The number of anilines is 1. The van der Waals surface area contributed by atoms with Crippen molar-refractivity contribution in [1.82, 2.24) is 0 Å². The van der Waals surface area contributed by atoms with Gasteiger partial charge in [0.2, 0.25) is 0 Å². The highest BCUT2D eigenvalue weighted by Gasteiger charge is 1.96. The van der Waals surface area contributed by atoms with Crippen molar-refractivity contribution in [2.75, 3.05) is 11.9 Å². The van der Waals surface area contributed by atoms with Gasteiger partial charge >= 0.3 is 0 Å². The van der Waals surface area contributed by atoms with Crippen molar-refractivity contribution < 1.29 is 4.39 Å². The maximum absolute atomic E-state index is 13.0.